The number of likely N-dealkylation sites (N-methyl/N-ethyl adjacent to an activating group) is 1. The van der Waals surface area contributed by atoms with Crippen molar-refractivity contribution < 1.29 is 4.74 Å². The maximum Gasteiger partial charge on any atom is 0.231 e. The van der Waals surface area contributed by atoms with E-state index in [1.165, 1.54) is 0 Å². The van der Waals surface area contributed by atoms with Crippen molar-refractivity contribution in [2.45, 2.75) is 6.92 Å². The van der Waals surface area contributed by atoms with E-state index in [0.717, 1.165) is 12.1 Å². The summed E-state index contributed by atoms with van der Waals surface area (Å²) in [5, 5.41) is 11.8. The average molecular weight is 191 g/mol. The second-order valence-electron chi connectivity index (χ2n) is 2.87. The number of nitrogens with one attached hydrogen (secondary N) is 1. The van der Waals surface area contributed by atoms with E-state index in [9.17, 15) is 0 Å². The smallest absolute Gasteiger partial charge is 0.231 e. The fraction of sp³-hybridized carbons (Fsp3) is 0.400. The van der Waals surface area contributed by atoms with Crippen molar-refractivity contribution in [2.75, 3.05) is 20.2 Å². The molecular formula is C10H13N3O. The Kier molecular flexibility index (Phi) is 3.89. The van der Waals surface area contributed by atoms with Crippen LogP contribution in [0.1, 0.15) is 11.1 Å². The van der Waals surface area contributed by atoms with Gasteiger partial charge in [0, 0.05) is 12.7 Å². The highest BCUT2D eigenvalue weighted by Gasteiger charge is 2.06. The summed E-state index contributed by atoms with van der Waals surface area (Å²) in [5.41, 5.74) is 1.41. The zero-order chi connectivity index (χ0) is 10.4. The molecule has 0 aromatic carbocycles. The van der Waals surface area contributed by atoms with E-state index in [-0.39, 0.29) is 0 Å². The van der Waals surface area contributed by atoms with Crippen molar-refractivity contribution in [3.05, 3.63) is 23.4 Å². The predicted molar refractivity (Wildman–Crippen MR) is 53.1 cm³/mol. The van der Waals surface area contributed by atoms with Gasteiger partial charge in [-0.15, -0.1) is 0 Å². The van der Waals surface area contributed by atoms with Crippen LogP contribution in [0.5, 0.6) is 5.88 Å². The number of rotatable bonds is 4. The number of hydrogen-bond donors (Lipinski definition) is 1. The highest BCUT2D eigenvalue weighted by atomic mass is 16.5. The summed E-state index contributed by atoms with van der Waals surface area (Å²) in [4.78, 5) is 4.01. The molecule has 0 unspecified atom stereocenters. The molecule has 1 aromatic heterocycles. The van der Waals surface area contributed by atoms with E-state index >= 15 is 0 Å². The zero-order valence-corrected chi connectivity index (χ0v) is 8.37. The lowest BCUT2D eigenvalue weighted by molar-refractivity contribution is 0.305. The molecule has 0 aliphatic rings. The summed E-state index contributed by atoms with van der Waals surface area (Å²) in [6.45, 7) is 3.12. The molecule has 1 rings (SSSR count). The number of nitriles is 1. The average Bonchev–Trinajstić information content (AvgIpc) is 2.18. The number of aryl methyl sites for hydroxylation is 1. The van der Waals surface area contributed by atoms with Crippen molar-refractivity contribution in [1.29, 1.82) is 5.26 Å². The van der Waals surface area contributed by atoms with Crippen molar-refractivity contribution in [3.63, 3.8) is 0 Å². The fourth-order valence-electron chi connectivity index (χ4n) is 1.03. The van der Waals surface area contributed by atoms with Gasteiger partial charge in [0.15, 0.2) is 0 Å². The Labute approximate surface area is 83.5 Å². The molecular weight excluding hydrogens is 178 g/mol. The van der Waals surface area contributed by atoms with E-state index in [1.807, 2.05) is 14.0 Å². The summed E-state index contributed by atoms with van der Waals surface area (Å²) in [7, 11) is 1.85. The van der Waals surface area contributed by atoms with Gasteiger partial charge in [-0.05, 0) is 25.6 Å². The molecule has 1 heterocycles. The molecule has 0 fully saturated rings. The summed E-state index contributed by atoms with van der Waals surface area (Å²) >= 11 is 0. The van der Waals surface area contributed by atoms with Gasteiger partial charge < -0.3 is 10.1 Å². The zero-order valence-electron chi connectivity index (χ0n) is 8.37. The lowest BCUT2D eigenvalue weighted by Gasteiger charge is -2.07. The lowest BCUT2D eigenvalue weighted by atomic mass is 10.2. The number of ether oxygens (including phenoxy) is 1. The largest absolute Gasteiger partial charge is 0.475 e. The number of nitrogens with zero attached hydrogens (tertiary/aromatic N) is 2. The molecule has 0 aliphatic carbocycles. The van der Waals surface area contributed by atoms with Crippen LogP contribution in [0.25, 0.3) is 0 Å². The Hall–Kier alpha value is -1.60. The maximum absolute atomic E-state index is 8.87. The topological polar surface area (TPSA) is 57.9 Å². The third-order valence-electron chi connectivity index (χ3n) is 1.83. The Bertz CT molecular complexity index is 344. The van der Waals surface area contributed by atoms with E-state index < -0.39 is 0 Å². The van der Waals surface area contributed by atoms with Gasteiger partial charge in [0.2, 0.25) is 5.88 Å². The summed E-state index contributed by atoms with van der Waals surface area (Å²) in [5.74, 6) is 0.419. The van der Waals surface area contributed by atoms with Crippen molar-refractivity contribution in [1.82, 2.24) is 10.3 Å². The minimum absolute atomic E-state index is 0.419. The molecule has 1 N–H and O–H groups in total. The lowest BCUT2D eigenvalue weighted by Crippen LogP contribution is -2.16. The molecule has 0 saturated carbocycles. The number of hydrogen-bond acceptors (Lipinski definition) is 4. The Morgan fingerprint density at radius 1 is 1.64 bits per heavy atom. The second-order valence-corrected chi connectivity index (χ2v) is 2.87. The molecule has 0 saturated heterocycles. The Morgan fingerprint density at radius 2 is 2.43 bits per heavy atom. The van der Waals surface area contributed by atoms with Gasteiger partial charge in [-0.1, -0.05) is 0 Å². The first-order chi connectivity index (χ1) is 6.79. The van der Waals surface area contributed by atoms with Crippen LogP contribution in [0.4, 0.5) is 0 Å². The fourth-order valence-corrected chi connectivity index (χ4v) is 1.03. The first kappa shape index (κ1) is 10.5. The van der Waals surface area contributed by atoms with Crippen LogP contribution in [0.15, 0.2) is 12.3 Å². The van der Waals surface area contributed by atoms with Crippen LogP contribution in [0.2, 0.25) is 0 Å². The van der Waals surface area contributed by atoms with E-state index in [2.05, 4.69) is 16.4 Å². The van der Waals surface area contributed by atoms with Crippen molar-refractivity contribution in [3.8, 4) is 11.9 Å². The van der Waals surface area contributed by atoms with E-state index in [4.69, 9.17) is 10.00 Å². The molecule has 74 valence electrons. The monoisotopic (exact) mass is 191 g/mol. The Balaban J connectivity index is 2.76. The third kappa shape index (κ3) is 2.44. The maximum atomic E-state index is 8.87. The molecule has 0 amide bonds. The van der Waals surface area contributed by atoms with Crippen LogP contribution >= 0.6 is 0 Å². The SMILES string of the molecule is CNCCOc1nccc(C)c1C#N. The van der Waals surface area contributed by atoms with Gasteiger partial charge in [-0.2, -0.15) is 5.26 Å². The summed E-state index contributed by atoms with van der Waals surface area (Å²) < 4.78 is 5.35. The quantitative estimate of drug-likeness (QED) is 0.717. The van der Waals surface area contributed by atoms with Crippen LogP contribution in [-0.2, 0) is 0 Å². The van der Waals surface area contributed by atoms with Gasteiger partial charge in [0.1, 0.15) is 18.2 Å². The van der Waals surface area contributed by atoms with Crippen molar-refractivity contribution >= 4 is 0 Å². The van der Waals surface area contributed by atoms with Crippen LogP contribution in [0, 0.1) is 18.3 Å². The summed E-state index contributed by atoms with van der Waals surface area (Å²) in [6.07, 6.45) is 1.64. The standard InChI is InChI=1S/C10H13N3O/c1-8-3-4-13-10(9(8)7-11)14-6-5-12-2/h3-4,12H,5-6H2,1-2H3. The first-order valence-corrected chi connectivity index (χ1v) is 4.42. The van der Waals surface area contributed by atoms with Gasteiger partial charge in [0.25, 0.3) is 0 Å². The molecule has 4 nitrogen and oxygen atoms in total. The minimum atomic E-state index is 0.419. The van der Waals surface area contributed by atoms with Crippen LogP contribution < -0.4 is 10.1 Å². The van der Waals surface area contributed by atoms with Gasteiger partial charge in [0.05, 0.1) is 0 Å². The number of aromatic nitrogens is 1. The molecule has 0 radical (unpaired) electrons. The molecule has 0 aliphatic heterocycles. The molecule has 0 spiro atoms. The van der Waals surface area contributed by atoms with Gasteiger partial charge in [-0.3, -0.25) is 0 Å². The third-order valence-corrected chi connectivity index (χ3v) is 1.83. The van der Waals surface area contributed by atoms with E-state index in [0.29, 0.717) is 18.1 Å². The van der Waals surface area contributed by atoms with Crippen LogP contribution in [-0.4, -0.2) is 25.2 Å². The Morgan fingerprint density at radius 3 is 3.07 bits per heavy atom. The first-order valence-electron chi connectivity index (χ1n) is 4.42. The van der Waals surface area contributed by atoms with Gasteiger partial charge in [-0.25, -0.2) is 4.98 Å². The molecule has 4 heteroatoms. The molecule has 14 heavy (non-hydrogen) atoms. The summed E-state index contributed by atoms with van der Waals surface area (Å²) in [6, 6.07) is 3.88. The highest BCUT2D eigenvalue weighted by Crippen LogP contribution is 2.16. The minimum Gasteiger partial charge on any atom is -0.475 e. The van der Waals surface area contributed by atoms with E-state index in [1.54, 1.807) is 12.3 Å². The molecule has 1 aromatic rings. The van der Waals surface area contributed by atoms with Gasteiger partial charge >= 0.3 is 0 Å². The second kappa shape index (κ2) is 5.20. The predicted octanol–water partition coefficient (Wildman–Crippen LogP) is 0.860. The highest BCUT2D eigenvalue weighted by molar-refractivity contribution is 5.43. The normalized spacial score (nSPS) is 9.50. The van der Waals surface area contributed by atoms with Crippen molar-refractivity contribution in [2.24, 2.45) is 0 Å². The molecule has 0 atom stereocenters. The van der Waals surface area contributed by atoms with Crippen LogP contribution in [0.3, 0.4) is 0 Å². The number of pyridine rings is 1. The molecule has 0 bridgehead atoms.